The number of nitrogen functional groups attached to an aromatic ring is 1. The van der Waals surface area contributed by atoms with Crippen LogP contribution in [0.2, 0.25) is 0 Å². The Morgan fingerprint density at radius 1 is 1.42 bits per heavy atom. The smallest absolute Gasteiger partial charge is 0.250 e. The van der Waals surface area contributed by atoms with Crippen molar-refractivity contribution in [3.63, 3.8) is 0 Å². The van der Waals surface area contributed by atoms with Crippen LogP contribution in [0.15, 0.2) is 6.20 Å². The zero-order valence-corrected chi connectivity index (χ0v) is 11.1. The van der Waals surface area contributed by atoms with E-state index in [4.69, 9.17) is 15.2 Å². The number of carbonyl (C=O) groups excluding carboxylic acids is 1. The van der Waals surface area contributed by atoms with Crippen LogP contribution in [0.3, 0.4) is 0 Å². The summed E-state index contributed by atoms with van der Waals surface area (Å²) in [6.07, 6.45) is 4.63. The van der Waals surface area contributed by atoms with Crippen molar-refractivity contribution in [1.29, 1.82) is 0 Å². The predicted octanol–water partition coefficient (Wildman–Crippen LogP) is 1.35. The second-order valence-electron chi connectivity index (χ2n) is 5.32. The summed E-state index contributed by atoms with van der Waals surface area (Å²) < 4.78 is 12.8. The average molecular weight is 265 g/mol. The van der Waals surface area contributed by atoms with Gasteiger partial charge in [-0.1, -0.05) is 0 Å². The summed E-state index contributed by atoms with van der Waals surface area (Å²) in [6, 6.07) is 0. The number of aromatic nitrogens is 2. The highest BCUT2D eigenvalue weighted by atomic mass is 16.7. The summed E-state index contributed by atoms with van der Waals surface area (Å²) in [7, 11) is 0. The molecule has 1 aromatic rings. The van der Waals surface area contributed by atoms with E-state index in [1.54, 1.807) is 0 Å². The highest BCUT2D eigenvalue weighted by Crippen LogP contribution is 2.38. The fourth-order valence-electron chi connectivity index (χ4n) is 2.91. The number of anilines is 1. The third-order valence-electron chi connectivity index (χ3n) is 4.17. The summed E-state index contributed by atoms with van der Waals surface area (Å²) in [5.41, 5.74) is 7.01. The monoisotopic (exact) mass is 265 g/mol. The zero-order chi connectivity index (χ0) is 13.5. The van der Waals surface area contributed by atoms with Crippen LogP contribution in [-0.2, 0) is 9.47 Å². The molecule has 2 fully saturated rings. The van der Waals surface area contributed by atoms with Crippen molar-refractivity contribution in [3.05, 3.63) is 11.9 Å². The lowest BCUT2D eigenvalue weighted by molar-refractivity contribution is -0.180. The Balaban J connectivity index is 1.68. The second kappa shape index (κ2) is 4.61. The minimum absolute atomic E-state index is 0.0172. The van der Waals surface area contributed by atoms with E-state index in [0.29, 0.717) is 18.9 Å². The van der Waals surface area contributed by atoms with Crippen LogP contribution in [0.5, 0.6) is 0 Å². The third-order valence-corrected chi connectivity index (χ3v) is 4.17. The number of nitrogens with zero attached hydrogens (tertiary/aromatic N) is 2. The van der Waals surface area contributed by atoms with Gasteiger partial charge in [-0.05, 0) is 19.8 Å². The Bertz CT molecular complexity index is 481. The average Bonchev–Trinajstić information content (AvgIpc) is 2.99. The molecule has 0 aromatic carbocycles. The van der Waals surface area contributed by atoms with Crippen molar-refractivity contribution >= 4 is 11.6 Å². The number of hydrogen-bond donors (Lipinski definition) is 1. The maximum Gasteiger partial charge on any atom is 0.250 e. The van der Waals surface area contributed by atoms with Gasteiger partial charge in [0.1, 0.15) is 0 Å². The van der Waals surface area contributed by atoms with Gasteiger partial charge in [0.15, 0.2) is 5.79 Å². The molecule has 0 amide bonds. The molecule has 2 N–H and O–H groups in total. The van der Waals surface area contributed by atoms with E-state index in [9.17, 15) is 4.79 Å². The Labute approximate surface area is 111 Å². The van der Waals surface area contributed by atoms with Gasteiger partial charge in [-0.3, -0.25) is 4.79 Å². The molecule has 1 spiro atoms. The molecule has 2 aliphatic rings. The van der Waals surface area contributed by atoms with E-state index >= 15 is 0 Å². The van der Waals surface area contributed by atoms with Gasteiger partial charge in [0, 0.05) is 18.8 Å². The fraction of sp³-hybridized carbons (Fsp3) is 0.692. The van der Waals surface area contributed by atoms with Crippen LogP contribution < -0.4 is 5.73 Å². The molecular weight excluding hydrogens is 246 g/mol. The van der Waals surface area contributed by atoms with Crippen LogP contribution in [0.1, 0.15) is 36.2 Å². The number of carbonyl (C=O) groups is 1. The van der Waals surface area contributed by atoms with Crippen LogP contribution in [0, 0.1) is 12.8 Å². The largest absolute Gasteiger partial charge is 0.396 e. The lowest BCUT2D eigenvalue weighted by Crippen LogP contribution is -2.38. The highest BCUT2D eigenvalue weighted by molar-refractivity contribution is 5.82. The molecule has 1 saturated carbocycles. The van der Waals surface area contributed by atoms with Crippen molar-refractivity contribution < 1.29 is 14.3 Å². The molecule has 6 heteroatoms. The fourth-order valence-corrected chi connectivity index (χ4v) is 2.91. The molecule has 0 atom stereocenters. The molecule has 6 nitrogen and oxygen atoms in total. The van der Waals surface area contributed by atoms with Gasteiger partial charge < -0.3 is 15.2 Å². The molecule has 0 radical (unpaired) electrons. The standard InChI is InChI=1S/C13H19N3O3/c1-9-11(14)8-15-16(9)12(17)10-2-4-13(5-3-10)18-6-7-19-13/h8,10H,2-7,14H2,1H3. The summed E-state index contributed by atoms with van der Waals surface area (Å²) in [5, 5.41) is 4.06. The zero-order valence-electron chi connectivity index (χ0n) is 11.1. The van der Waals surface area contributed by atoms with Gasteiger partial charge in [0.25, 0.3) is 0 Å². The minimum Gasteiger partial charge on any atom is -0.396 e. The molecule has 19 heavy (non-hydrogen) atoms. The van der Waals surface area contributed by atoms with Gasteiger partial charge in [-0.15, -0.1) is 0 Å². The van der Waals surface area contributed by atoms with Gasteiger partial charge in [-0.2, -0.15) is 5.10 Å². The summed E-state index contributed by atoms with van der Waals surface area (Å²) in [5.74, 6) is -0.409. The first-order chi connectivity index (χ1) is 9.11. The third kappa shape index (κ3) is 2.15. The first-order valence-electron chi connectivity index (χ1n) is 6.73. The first kappa shape index (κ1) is 12.6. The van der Waals surface area contributed by atoms with Crippen LogP contribution in [-0.4, -0.2) is 34.7 Å². The van der Waals surface area contributed by atoms with Crippen LogP contribution >= 0.6 is 0 Å². The van der Waals surface area contributed by atoms with E-state index in [0.717, 1.165) is 31.4 Å². The van der Waals surface area contributed by atoms with Gasteiger partial charge in [0.2, 0.25) is 5.91 Å². The van der Waals surface area contributed by atoms with E-state index < -0.39 is 5.79 Å². The van der Waals surface area contributed by atoms with Crippen molar-refractivity contribution in [2.75, 3.05) is 18.9 Å². The van der Waals surface area contributed by atoms with E-state index in [2.05, 4.69) is 5.10 Å². The number of rotatable bonds is 1. The molecule has 104 valence electrons. The molecule has 2 heterocycles. The van der Waals surface area contributed by atoms with Gasteiger partial charge in [-0.25, -0.2) is 4.68 Å². The maximum absolute atomic E-state index is 12.4. The first-order valence-corrected chi connectivity index (χ1v) is 6.73. The van der Waals surface area contributed by atoms with Crippen molar-refractivity contribution in [2.24, 2.45) is 5.92 Å². The summed E-state index contributed by atoms with van der Waals surface area (Å²) in [6.45, 7) is 3.13. The number of hydrogen-bond acceptors (Lipinski definition) is 5. The quantitative estimate of drug-likeness (QED) is 0.829. The maximum atomic E-state index is 12.4. The lowest BCUT2D eigenvalue weighted by Gasteiger charge is -2.34. The molecular formula is C13H19N3O3. The molecule has 1 aliphatic carbocycles. The molecule has 1 saturated heterocycles. The molecule has 3 rings (SSSR count). The summed E-state index contributed by atoms with van der Waals surface area (Å²) >= 11 is 0. The number of nitrogens with two attached hydrogens (primary N) is 1. The van der Waals surface area contributed by atoms with E-state index in [1.165, 1.54) is 10.9 Å². The molecule has 1 aromatic heterocycles. The van der Waals surface area contributed by atoms with Gasteiger partial charge in [0.05, 0.1) is 30.8 Å². The summed E-state index contributed by atoms with van der Waals surface area (Å²) in [4.78, 5) is 12.4. The molecule has 0 unspecified atom stereocenters. The SMILES string of the molecule is Cc1c(N)cnn1C(=O)C1CCC2(CC1)OCCO2. The molecule has 1 aliphatic heterocycles. The second-order valence-corrected chi connectivity index (χ2v) is 5.32. The topological polar surface area (TPSA) is 79.4 Å². The Hall–Kier alpha value is -1.40. The Kier molecular flexibility index (Phi) is 3.06. The Morgan fingerprint density at radius 2 is 2.05 bits per heavy atom. The lowest BCUT2D eigenvalue weighted by atomic mass is 9.84. The van der Waals surface area contributed by atoms with Crippen molar-refractivity contribution in [1.82, 2.24) is 9.78 Å². The number of ether oxygens (including phenoxy) is 2. The predicted molar refractivity (Wildman–Crippen MR) is 68.6 cm³/mol. The Morgan fingerprint density at radius 3 is 2.58 bits per heavy atom. The van der Waals surface area contributed by atoms with Crippen molar-refractivity contribution in [3.8, 4) is 0 Å². The molecule has 0 bridgehead atoms. The van der Waals surface area contributed by atoms with Crippen LogP contribution in [0.25, 0.3) is 0 Å². The van der Waals surface area contributed by atoms with Crippen LogP contribution in [0.4, 0.5) is 5.69 Å². The highest BCUT2D eigenvalue weighted by Gasteiger charge is 2.42. The normalized spacial score (nSPS) is 23.0. The van der Waals surface area contributed by atoms with Crippen molar-refractivity contribution in [2.45, 2.75) is 38.4 Å². The minimum atomic E-state index is -0.422. The van der Waals surface area contributed by atoms with E-state index in [-0.39, 0.29) is 11.8 Å². The van der Waals surface area contributed by atoms with E-state index in [1.807, 2.05) is 6.92 Å². The van der Waals surface area contributed by atoms with Gasteiger partial charge >= 0.3 is 0 Å².